The highest BCUT2D eigenvalue weighted by Crippen LogP contribution is 2.34. The van der Waals surface area contributed by atoms with E-state index in [2.05, 4.69) is 0 Å². The number of carboxylic acids is 1. The summed E-state index contributed by atoms with van der Waals surface area (Å²) in [6.45, 7) is 4.67. The third-order valence-corrected chi connectivity index (χ3v) is 7.52. The number of carboxylic acid groups (broad SMARTS) is 1. The van der Waals surface area contributed by atoms with Gasteiger partial charge in [0.25, 0.3) is 0 Å². The van der Waals surface area contributed by atoms with Crippen LogP contribution in [0.15, 0.2) is 41.3 Å². The van der Waals surface area contributed by atoms with Crippen molar-refractivity contribution in [3.63, 3.8) is 0 Å². The van der Waals surface area contributed by atoms with Crippen LogP contribution in [0, 0.1) is 0 Å². The van der Waals surface area contributed by atoms with Crippen molar-refractivity contribution in [2.45, 2.75) is 54.9 Å². The van der Waals surface area contributed by atoms with Gasteiger partial charge in [-0.3, -0.25) is 0 Å². The van der Waals surface area contributed by atoms with Gasteiger partial charge >= 0.3 is 11.9 Å². The van der Waals surface area contributed by atoms with E-state index in [0.29, 0.717) is 5.39 Å². The Morgan fingerprint density at radius 3 is 2.18 bits per heavy atom. The molecule has 2 rings (SSSR count). The maximum absolute atomic E-state index is 13.8. The summed E-state index contributed by atoms with van der Waals surface area (Å²) in [7, 11) is -0.424. The van der Waals surface area contributed by atoms with E-state index in [4.69, 9.17) is 16.2 Å². The highest BCUT2D eigenvalue weighted by Gasteiger charge is 2.49. The molecule has 0 aliphatic heterocycles. The number of esters is 1. The van der Waals surface area contributed by atoms with Gasteiger partial charge in [-0.15, -0.1) is 0 Å². The lowest BCUT2D eigenvalue weighted by molar-refractivity contribution is -0.169. The van der Waals surface area contributed by atoms with Gasteiger partial charge in [-0.1, -0.05) is 24.3 Å². The van der Waals surface area contributed by atoms with Gasteiger partial charge in [0.2, 0.25) is 5.54 Å². The summed E-state index contributed by atoms with van der Waals surface area (Å²) >= 11 is 0. The van der Waals surface area contributed by atoms with Gasteiger partial charge in [-0.2, -0.15) is 0 Å². The molecule has 0 fully saturated rings. The van der Waals surface area contributed by atoms with E-state index in [1.807, 2.05) is 31.1 Å². The van der Waals surface area contributed by atoms with E-state index in [1.54, 1.807) is 39.0 Å². The predicted molar refractivity (Wildman–Crippen MR) is 128 cm³/mol. The van der Waals surface area contributed by atoms with Crippen LogP contribution in [-0.2, 0) is 24.2 Å². The molecule has 9 nitrogen and oxygen atoms in total. The quantitative estimate of drug-likeness (QED) is 0.361. The van der Waals surface area contributed by atoms with E-state index >= 15 is 0 Å². The Labute approximate surface area is 194 Å². The van der Waals surface area contributed by atoms with Crippen LogP contribution in [0.3, 0.4) is 0 Å². The first-order valence-corrected chi connectivity index (χ1v) is 12.1. The number of anilines is 1. The van der Waals surface area contributed by atoms with Gasteiger partial charge in [0.05, 0.1) is 10.1 Å². The summed E-state index contributed by atoms with van der Waals surface area (Å²) in [6.07, 6.45) is -0.762. The second kappa shape index (κ2) is 9.66. The minimum Gasteiger partial charge on any atom is -0.479 e. The van der Waals surface area contributed by atoms with E-state index in [9.17, 15) is 23.1 Å². The molecule has 33 heavy (non-hydrogen) atoms. The summed E-state index contributed by atoms with van der Waals surface area (Å²) in [4.78, 5) is 26.6. The standard InChI is InChI=1S/C23H33N3O6S/c1-22(2,3)32-21(29)23(25,20(27)28)14-15(12-13-24)33(30,31)19-11-7-8-16-17(19)9-6-10-18(16)26(4)5/h6-11,15H,12-14,24-25H2,1-5H3,(H,27,28)/t15?,23-/m0/s1. The van der Waals surface area contributed by atoms with Crippen LogP contribution in [0.1, 0.15) is 33.6 Å². The zero-order chi connectivity index (χ0) is 25.2. The summed E-state index contributed by atoms with van der Waals surface area (Å²) in [5.41, 5.74) is 8.93. The van der Waals surface area contributed by atoms with Crippen molar-refractivity contribution < 1.29 is 27.9 Å². The number of carbonyl (C=O) groups excluding carboxylic acids is 1. The van der Waals surface area contributed by atoms with Crippen LogP contribution < -0.4 is 16.4 Å². The van der Waals surface area contributed by atoms with Crippen LogP contribution in [0.5, 0.6) is 0 Å². The molecule has 0 heterocycles. The average Bonchev–Trinajstić information content (AvgIpc) is 2.70. The number of fused-ring (bicyclic) bond motifs is 1. The second-order valence-electron chi connectivity index (χ2n) is 9.25. The van der Waals surface area contributed by atoms with Crippen LogP contribution in [-0.4, -0.2) is 62.5 Å². The molecule has 0 aromatic heterocycles. The van der Waals surface area contributed by atoms with Crippen molar-refractivity contribution in [1.29, 1.82) is 0 Å². The summed E-state index contributed by atoms with van der Waals surface area (Å²) in [6, 6.07) is 10.2. The highest BCUT2D eigenvalue weighted by atomic mass is 32.2. The first kappa shape index (κ1) is 26.6. The number of rotatable bonds is 9. The number of hydrogen-bond donors (Lipinski definition) is 3. The van der Waals surface area contributed by atoms with Crippen LogP contribution in [0.2, 0.25) is 0 Å². The van der Waals surface area contributed by atoms with E-state index in [0.717, 1.165) is 11.1 Å². The Hall–Kier alpha value is -2.69. The maximum Gasteiger partial charge on any atom is 0.338 e. The first-order chi connectivity index (χ1) is 15.1. The monoisotopic (exact) mass is 479 g/mol. The normalized spacial score (nSPS) is 15.0. The molecule has 182 valence electrons. The third-order valence-electron chi connectivity index (χ3n) is 5.27. The van der Waals surface area contributed by atoms with Crippen molar-refractivity contribution in [2.75, 3.05) is 25.5 Å². The molecule has 0 amide bonds. The lowest BCUT2D eigenvalue weighted by atomic mass is 9.93. The lowest BCUT2D eigenvalue weighted by Gasteiger charge is -2.31. The zero-order valence-corrected chi connectivity index (χ0v) is 20.5. The number of nitrogens with zero attached hydrogens (tertiary/aromatic N) is 1. The smallest absolute Gasteiger partial charge is 0.338 e. The summed E-state index contributed by atoms with van der Waals surface area (Å²) < 4.78 is 32.7. The third kappa shape index (κ3) is 5.63. The average molecular weight is 480 g/mol. The SMILES string of the molecule is CN(C)c1cccc2c(S(=O)(=O)C(CCN)C[C@](N)(C(=O)O)C(=O)OC(C)(C)C)cccc12. The molecule has 2 aromatic carbocycles. The van der Waals surface area contributed by atoms with Crippen LogP contribution in [0.4, 0.5) is 5.69 Å². The van der Waals surface area contributed by atoms with Crippen molar-refractivity contribution >= 4 is 38.2 Å². The van der Waals surface area contributed by atoms with E-state index in [1.165, 1.54) is 6.07 Å². The Morgan fingerprint density at radius 1 is 1.09 bits per heavy atom. The molecule has 0 saturated heterocycles. The molecular weight excluding hydrogens is 446 g/mol. The van der Waals surface area contributed by atoms with Gasteiger partial charge < -0.3 is 26.2 Å². The van der Waals surface area contributed by atoms with E-state index in [-0.39, 0.29) is 17.9 Å². The number of hydrogen-bond acceptors (Lipinski definition) is 8. The fourth-order valence-corrected chi connectivity index (χ4v) is 5.66. The van der Waals surface area contributed by atoms with Gasteiger partial charge in [0.1, 0.15) is 5.60 Å². The van der Waals surface area contributed by atoms with Crippen LogP contribution >= 0.6 is 0 Å². The van der Waals surface area contributed by atoms with Gasteiger partial charge in [0.15, 0.2) is 9.84 Å². The zero-order valence-electron chi connectivity index (χ0n) is 19.7. The minimum atomic E-state index is -4.13. The molecule has 5 N–H and O–H groups in total. The van der Waals surface area contributed by atoms with E-state index < -0.39 is 44.6 Å². The minimum absolute atomic E-state index is 0.0269. The van der Waals surface area contributed by atoms with Crippen LogP contribution in [0.25, 0.3) is 10.8 Å². The van der Waals surface area contributed by atoms with Crippen molar-refractivity contribution in [2.24, 2.45) is 11.5 Å². The summed E-state index contributed by atoms with van der Waals surface area (Å²) in [5.74, 6) is -2.87. The lowest BCUT2D eigenvalue weighted by Crippen LogP contribution is -2.59. The van der Waals surface area contributed by atoms with Gasteiger partial charge in [0, 0.05) is 37.0 Å². The molecular formula is C23H33N3O6S. The maximum atomic E-state index is 13.8. The number of aliphatic carboxylic acids is 1. The number of benzene rings is 2. The predicted octanol–water partition coefficient (Wildman–Crippen LogP) is 1.91. The Balaban J connectivity index is 2.62. The number of ether oxygens (including phenoxy) is 1. The Kier molecular flexibility index (Phi) is 7.78. The molecule has 0 bridgehead atoms. The molecule has 0 saturated carbocycles. The van der Waals surface area contributed by atoms with Crippen molar-refractivity contribution in [1.82, 2.24) is 0 Å². The van der Waals surface area contributed by atoms with Gasteiger partial charge in [-0.05, 0) is 45.9 Å². The first-order valence-electron chi connectivity index (χ1n) is 10.5. The molecule has 0 spiro atoms. The molecule has 0 aliphatic rings. The Morgan fingerprint density at radius 2 is 1.67 bits per heavy atom. The number of sulfone groups is 1. The molecule has 2 atom stereocenters. The van der Waals surface area contributed by atoms with Gasteiger partial charge in [-0.25, -0.2) is 18.0 Å². The largest absolute Gasteiger partial charge is 0.479 e. The molecule has 1 unspecified atom stereocenters. The van der Waals surface area contributed by atoms with Crippen molar-refractivity contribution in [3.8, 4) is 0 Å². The number of nitrogens with two attached hydrogens (primary N) is 2. The number of carbonyl (C=O) groups is 2. The molecule has 0 aliphatic carbocycles. The highest BCUT2D eigenvalue weighted by molar-refractivity contribution is 7.92. The second-order valence-corrected chi connectivity index (χ2v) is 11.4. The van der Waals surface area contributed by atoms with Crippen molar-refractivity contribution in [3.05, 3.63) is 36.4 Å². The fraction of sp³-hybridized carbons (Fsp3) is 0.478. The molecule has 0 radical (unpaired) electrons. The summed E-state index contributed by atoms with van der Waals surface area (Å²) in [5, 5.41) is 9.66. The molecule has 2 aromatic rings. The topological polar surface area (TPSA) is 153 Å². The fourth-order valence-electron chi connectivity index (χ4n) is 3.62. The molecule has 10 heteroatoms. The Bertz CT molecular complexity index is 1140.